The fourth-order valence-electron chi connectivity index (χ4n) is 3.23. The molecule has 1 aliphatic rings. The predicted molar refractivity (Wildman–Crippen MR) is 106 cm³/mol. The van der Waals surface area contributed by atoms with Crippen LogP contribution >= 0.6 is 0 Å². The third-order valence-electron chi connectivity index (χ3n) is 4.74. The van der Waals surface area contributed by atoms with Crippen molar-refractivity contribution in [2.24, 2.45) is 4.99 Å². The smallest absolute Gasteiger partial charge is 0.276 e. The number of nitrogens with one attached hydrogen (secondary N) is 1. The van der Waals surface area contributed by atoms with Gasteiger partial charge in [-0.3, -0.25) is 14.9 Å². The van der Waals surface area contributed by atoms with Crippen molar-refractivity contribution in [3.63, 3.8) is 0 Å². The van der Waals surface area contributed by atoms with Crippen LogP contribution in [0, 0.1) is 0 Å². The molecule has 3 aromatic heterocycles. The minimum Gasteiger partial charge on any atom is -0.364 e. The van der Waals surface area contributed by atoms with Gasteiger partial charge in [-0.25, -0.2) is 0 Å². The van der Waals surface area contributed by atoms with Crippen LogP contribution < -0.4 is 5.32 Å². The van der Waals surface area contributed by atoms with Gasteiger partial charge in [0.1, 0.15) is 12.0 Å². The average molecular weight is 396 g/mol. The number of aliphatic imine (C=N–C) groups is 1. The van der Waals surface area contributed by atoms with Gasteiger partial charge in [0, 0.05) is 65.0 Å². The maximum Gasteiger partial charge on any atom is 0.276 e. The van der Waals surface area contributed by atoms with Crippen LogP contribution in [0.1, 0.15) is 11.5 Å². The molecule has 29 heavy (non-hydrogen) atoms. The molecule has 152 valence electrons. The van der Waals surface area contributed by atoms with Crippen LogP contribution in [0.4, 0.5) is 0 Å². The van der Waals surface area contributed by atoms with Crippen molar-refractivity contribution in [3.05, 3.63) is 48.2 Å². The maximum atomic E-state index is 5.30. The van der Waals surface area contributed by atoms with Gasteiger partial charge in [0.15, 0.2) is 11.8 Å². The van der Waals surface area contributed by atoms with Gasteiger partial charge < -0.3 is 19.3 Å². The first kappa shape index (κ1) is 19.1. The summed E-state index contributed by atoms with van der Waals surface area (Å²) in [6, 6.07) is 7.50. The molecular formula is C19H24N8O2. The van der Waals surface area contributed by atoms with Crippen LogP contribution in [0.5, 0.6) is 0 Å². The van der Waals surface area contributed by atoms with E-state index < -0.39 is 0 Å². The summed E-state index contributed by atoms with van der Waals surface area (Å²) in [5, 5.41) is 11.4. The van der Waals surface area contributed by atoms with E-state index in [1.165, 1.54) is 0 Å². The standard InChI is InChI=1S/C19H24N8O2/c1-20-19(27-11-9-26(10-12-27)14-15-6-13-28-24-15)22-8-5-17-23-18(29-25-17)16-4-2-3-7-21-16/h2-4,6-7,13H,5,8-12,14H2,1H3,(H,20,22). The topological polar surface area (TPSA) is 109 Å². The molecule has 3 aromatic rings. The lowest BCUT2D eigenvalue weighted by molar-refractivity contribution is 0.169. The first-order valence-electron chi connectivity index (χ1n) is 9.63. The van der Waals surface area contributed by atoms with Gasteiger partial charge in [-0.2, -0.15) is 4.98 Å². The van der Waals surface area contributed by atoms with Gasteiger partial charge in [0.2, 0.25) is 0 Å². The lowest BCUT2D eigenvalue weighted by Gasteiger charge is -2.36. The Labute approximate surface area is 168 Å². The fraction of sp³-hybridized carbons (Fsp3) is 0.421. The summed E-state index contributed by atoms with van der Waals surface area (Å²) in [7, 11) is 1.80. The maximum absolute atomic E-state index is 5.30. The largest absolute Gasteiger partial charge is 0.364 e. The molecule has 4 rings (SSSR count). The molecule has 1 saturated heterocycles. The first-order valence-corrected chi connectivity index (χ1v) is 9.63. The molecule has 1 N–H and O–H groups in total. The molecule has 10 nitrogen and oxygen atoms in total. The number of rotatable bonds is 6. The molecule has 0 spiro atoms. The van der Waals surface area contributed by atoms with E-state index in [9.17, 15) is 0 Å². The lowest BCUT2D eigenvalue weighted by Crippen LogP contribution is -2.52. The Balaban J connectivity index is 1.23. The minimum atomic E-state index is 0.438. The normalized spacial score (nSPS) is 15.6. The van der Waals surface area contributed by atoms with Crippen LogP contribution in [0.15, 0.2) is 50.8 Å². The number of nitrogens with zero attached hydrogens (tertiary/aromatic N) is 7. The molecular weight excluding hydrogens is 372 g/mol. The van der Waals surface area contributed by atoms with Gasteiger partial charge in [0.05, 0.1) is 5.69 Å². The molecule has 0 bridgehead atoms. The second kappa shape index (κ2) is 9.28. The molecule has 4 heterocycles. The summed E-state index contributed by atoms with van der Waals surface area (Å²) in [4.78, 5) is 17.7. The number of piperazine rings is 1. The Kier molecular flexibility index (Phi) is 6.10. The van der Waals surface area contributed by atoms with Gasteiger partial charge in [-0.15, -0.1) is 0 Å². The van der Waals surface area contributed by atoms with Crippen molar-refractivity contribution in [2.75, 3.05) is 39.8 Å². The number of aromatic nitrogens is 4. The van der Waals surface area contributed by atoms with E-state index in [0.29, 0.717) is 30.4 Å². The molecule has 0 amide bonds. The number of pyridine rings is 1. The highest BCUT2D eigenvalue weighted by Crippen LogP contribution is 2.13. The van der Waals surface area contributed by atoms with Crippen LogP contribution in [-0.4, -0.2) is 75.8 Å². The summed E-state index contributed by atoms with van der Waals surface area (Å²) in [5.41, 5.74) is 1.64. The fourth-order valence-corrected chi connectivity index (χ4v) is 3.23. The zero-order valence-corrected chi connectivity index (χ0v) is 16.4. The van der Waals surface area contributed by atoms with E-state index in [1.807, 2.05) is 24.3 Å². The Morgan fingerprint density at radius 1 is 1.17 bits per heavy atom. The highest BCUT2D eigenvalue weighted by atomic mass is 16.5. The van der Waals surface area contributed by atoms with E-state index in [2.05, 4.69) is 40.4 Å². The van der Waals surface area contributed by atoms with E-state index in [-0.39, 0.29) is 0 Å². The molecule has 0 aromatic carbocycles. The first-order chi connectivity index (χ1) is 14.3. The third-order valence-corrected chi connectivity index (χ3v) is 4.74. The summed E-state index contributed by atoms with van der Waals surface area (Å²) in [6.07, 6.45) is 3.96. The molecule has 0 radical (unpaired) electrons. The molecule has 0 unspecified atom stereocenters. The van der Waals surface area contributed by atoms with E-state index in [4.69, 9.17) is 9.05 Å². The Hall–Kier alpha value is -3.27. The number of hydrogen-bond donors (Lipinski definition) is 1. The van der Waals surface area contributed by atoms with Crippen molar-refractivity contribution >= 4 is 5.96 Å². The summed E-state index contributed by atoms with van der Waals surface area (Å²) in [6.45, 7) is 5.20. The lowest BCUT2D eigenvalue weighted by atomic mass is 10.3. The molecule has 10 heteroatoms. The van der Waals surface area contributed by atoms with Gasteiger partial charge in [-0.05, 0) is 12.1 Å². The highest BCUT2D eigenvalue weighted by Gasteiger charge is 2.20. The van der Waals surface area contributed by atoms with E-state index in [1.54, 1.807) is 19.5 Å². The predicted octanol–water partition coefficient (Wildman–Crippen LogP) is 1.06. The quantitative estimate of drug-likeness (QED) is 0.483. The Morgan fingerprint density at radius 3 is 2.79 bits per heavy atom. The van der Waals surface area contributed by atoms with Gasteiger partial charge >= 0.3 is 0 Å². The van der Waals surface area contributed by atoms with E-state index >= 15 is 0 Å². The number of hydrogen-bond acceptors (Lipinski definition) is 8. The van der Waals surface area contributed by atoms with Crippen molar-refractivity contribution in [3.8, 4) is 11.6 Å². The van der Waals surface area contributed by atoms with Gasteiger partial charge in [0.25, 0.3) is 5.89 Å². The number of guanidine groups is 1. The van der Waals surface area contributed by atoms with Crippen LogP contribution in [0.3, 0.4) is 0 Å². The van der Waals surface area contributed by atoms with Crippen LogP contribution in [0.25, 0.3) is 11.6 Å². The highest BCUT2D eigenvalue weighted by molar-refractivity contribution is 5.80. The van der Waals surface area contributed by atoms with Crippen molar-refractivity contribution in [1.29, 1.82) is 0 Å². The van der Waals surface area contributed by atoms with Gasteiger partial charge in [-0.1, -0.05) is 16.4 Å². The summed E-state index contributed by atoms with van der Waals surface area (Å²) in [5.74, 6) is 1.97. The van der Waals surface area contributed by atoms with Crippen LogP contribution in [0.2, 0.25) is 0 Å². The minimum absolute atomic E-state index is 0.438. The van der Waals surface area contributed by atoms with Crippen molar-refractivity contribution in [2.45, 2.75) is 13.0 Å². The zero-order valence-electron chi connectivity index (χ0n) is 16.4. The third kappa shape index (κ3) is 4.96. The summed E-state index contributed by atoms with van der Waals surface area (Å²) < 4.78 is 10.2. The van der Waals surface area contributed by atoms with Crippen LogP contribution in [-0.2, 0) is 13.0 Å². The second-order valence-corrected chi connectivity index (χ2v) is 6.71. The molecule has 0 aliphatic carbocycles. The van der Waals surface area contributed by atoms with Crippen molar-refractivity contribution in [1.82, 2.24) is 35.4 Å². The molecule has 0 atom stereocenters. The monoisotopic (exact) mass is 396 g/mol. The van der Waals surface area contributed by atoms with E-state index in [0.717, 1.165) is 44.4 Å². The average Bonchev–Trinajstić information content (AvgIpc) is 3.45. The molecule has 0 saturated carbocycles. The zero-order chi connectivity index (χ0) is 19.9. The molecule has 1 aliphatic heterocycles. The Bertz CT molecular complexity index is 901. The molecule has 1 fully saturated rings. The summed E-state index contributed by atoms with van der Waals surface area (Å²) >= 11 is 0. The second-order valence-electron chi connectivity index (χ2n) is 6.71. The van der Waals surface area contributed by atoms with Crippen molar-refractivity contribution < 1.29 is 9.05 Å². The SMILES string of the molecule is CN=C(NCCc1noc(-c2ccccn2)n1)N1CCN(Cc2ccon2)CC1. The Morgan fingerprint density at radius 2 is 2.07 bits per heavy atom.